The molecule has 1 aliphatic rings. The number of carboxylic acids is 1. The van der Waals surface area contributed by atoms with Gasteiger partial charge in [0, 0.05) is 25.2 Å². The molecule has 2 amide bonds. The van der Waals surface area contributed by atoms with Crippen LogP contribution in [-0.2, 0) is 4.79 Å². The van der Waals surface area contributed by atoms with Crippen molar-refractivity contribution in [2.24, 2.45) is 0 Å². The van der Waals surface area contributed by atoms with Crippen LogP contribution in [0.15, 0.2) is 0 Å². The molecule has 1 fully saturated rings. The number of rotatable bonds is 4. The van der Waals surface area contributed by atoms with E-state index >= 15 is 0 Å². The van der Waals surface area contributed by atoms with Crippen LogP contribution in [0.1, 0.15) is 65.7 Å². The van der Waals surface area contributed by atoms with Crippen molar-refractivity contribution in [1.82, 2.24) is 9.80 Å². The summed E-state index contributed by atoms with van der Waals surface area (Å²) in [6.07, 6.45) is 6.95. The van der Waals surface area contributed by atoms with Gasteiger partial charge in [0.2, 0.25) is 0 Å². The Morgan fingerprint density at radius 1 is 1.10 bits per heavy atom. The zero-order valence-corrected chi connectivity index (χ0v) is 13.9. The molecule has 0 unspecified atom stereocenters. The van der Waals surface area contributed by atoms with E-state index in [0.717, 1.165) is 12.8 Å². The molecule has 0 atom stereocenters. The van der Waals surface area contributed by atoms with Gasteiger partial charge in [0.25, 0.3) is 0 Å². The first-order valence-corrected chi connectivity index (χ1v) is 7.99. The maximum Gasteiger partial charge on any atom is 0.320 e. The molecule has 1 aliphatic carbocycles. The third-order valence-corrected chi connectivity index (χ3v) is 4.26. The van der Waals surface area contributed by atoms with E-state index in [1.165, 1.54) is 25.7 Å². The molecule has 0 aromatic heterocycles. The third kappa shape index (κ3) is 5.56. The zero-order chi connectivity index (χ0) is 16.0. The molecule has 0 saturated heterocycles. The number of hydrogen-bond acceptors (Lipinski definition) is 2. The Morgan fingerprint density at radius 3 is 2.05 bits per heavy atom. The summed E-state index contributed by atoms with van der Waals surface area (Å²) >= 11 is 0. The number of nitrogens with zero attached hydrogens (tertiary/aromatic N) is 2. The monoisotopic (exact) mass is 298 g/mol. The molecule has 0 aromatic rings. The van der Waals surface area contributed by atoms with E-state index in [9.17, 15) is 9.59 Å². The lowest BCUT2D eigenvalue weighted by Crippen LogP contribution is -2.53. The number of aliphatic carboxylic acids is 1. The van der Waals surface area contributed by atoms with Crippen molar-refractivity contribution in [2.45, 2.75) is 77.3 Å². The number of hydrogen-bond donors (Lipinski definition) is 1. The molecule has 0 spiro atoms. The molecule has 5 nitrogen and oxygen atoms in total. The Labute approximate surface area is 128 Å². The van der Waals surface area contributed by atoms with Crippen LogP contribution in [0.2, 0.25) is 0 Å². The SMILES string of the molecule is CN(C(=O)N(CCC(=O)O)C(C)(C)C)C1CCCCCC1. The van der Waals surface area contributed by atoms with E-state index in [-0.39, 0.29) is 30.6 Å². The lowest BCUT2D eigenvalue weighted by molar-refractivity contribution is -0.137. The summed E-state index contributed by atoms with van der Waals surface area (Å²) in [5.74, 6) is -0.867. The summed E-state index contributed by atoms with van der Waals surface area (Å²) in [5, 5.41) is 8.88. The van der Waals surface area contributed by atoms with E-state index in [2.05, 4.69) is 0 Å². The van der Waals surface area contributed by atoms with Crippen molar-refractivity contribution in [3.8, 4) is 0 Å². The predicted octanol–water partition coefficient (Wildman–Crippen LogP) is 3.34. The summed E-state index contributed by atoms with van der Waals surface area (Å²) < 4.78 is 0. The van der Waals surface area contributed by atoms with Crippen LogP contribution in [-0.4, -0.2) is 52.1 Å². The second kappa shape index (κ2) is 7.66. The largest absolute Gasteiger partial charge is 0.481 e. The molecule has 0 radical (unpaired) electrons. The molecular weight excluding hydrogens is 268 g/mol. The Kier molecular flexibility index (Phi) is 6.49. The maximum atomic E-state index is 12.8. The number of amides is 2. The van der Waals surface area contributed by atoms with Gasteiger partial charge in [0.05, 0.1) is 6.42 Å². The normalized spacial score (nSPS) is 17.1. The number of carbonyl (C=O) groups excluding carboxylic acids is 1. The van der Waals surface area contributed by atoms with E-state index in [1.807, 2.05) is 32.7 Å². The smallest absolute Gasteiger partial charge is 0.320 e. The minimum absolute atomic E-state index is 0.0124. The summed E-state index contributed by atoms with van der Waals surface area (Å²) in [6.45, 7) is 6.11. The van der Waals surface area contributed by atoms with Crippen molar-refractivity contribution >= 4 is 12.0 Å². The lowest BCUT2D eigenvalue weighted by Gasteiger charge is -2.40. The molecular formula is C16H30N2O3. The average Bonchev–Trinajstić information content (AvgIpc) is 2.64. The van der Waals surface area contributed by atoms with Gasteiger partial charge in [-0.2, -0.15) is 0 Å². The number of urea groups is 1. The van der Waals surface area contributed by atoms with Gasteiger partial charge in [-0.15, -0.1) is 0 Å². The minimum Gasteiger partial charge on any atom is -0.481 e. The highest BCUT2D eigenvalue weighted by Crippen LogP contribution is 2.24. The van der Waals surface area contributed by atoms with Gasteiger partial charge < -0.3 is 14.9 Å². The molecule has 0 heterocycles. The van der Waals surface area contributed by atoms with Gasteiger partial charge in [-0.1, -0.05) is 25.7 Å². The van der Waals surface area contributed by atoms with E-state index < -0.39 is 5.97 Å². The Balaban J connectivity index is 2.75. The molecule has 21 heavy (non-hydrogen) atoms. The molecule has 5 heteroatoms. The Bertz CT molecular complexity index is 355. The quantitative estimate of drug-likeness (QED) is 0.810. The van der Waals surface area contributed by atoms with Crippen molar-refractivity contribution in [3.05, 3.63) is 0 Å². The Hall–Kier alpha value is -1.26. The van der Waals surface area contributed by atoms with Gasteiger partial charge in [0.15, 0.2) is 0 Å². The fourth-order valence-corrected chi connectivity index (χ4v) is 2.92. The molecule has 0 aromatic carbocycles. The van der Waals surface area contributed by atoms with Crippen LogP contribution in [0.4, 0.5) is 4.79 Å². The molecule has 0 aliphatic heterocycles. The second-order valence-electron chi connectivity index (χ2n) is 7.01. The predicted molar refractivity (Wildman–Crippen MR) is 83.4 cm³/mol. The minimum atomic E-state index is -0.867. The number of carboxylic acid groups (broad SMARTS) is 1. The summed E-state index contributed by atoms with van der Waals surface area (Å²) in [5.41, 5.74) is -0.370. The standard InChI is InChI=1S/C16H30N2O3/c1-16(2,3)18(12-11-14(19)20)15(21)17(4)13-9-7-5-6-8-10-13/h13H,5-12H2,1-4H3,(H,19,20). The summed E-state index contributed by atoms with van der Waals surface area (Å²) in [7, 11) is 1.86. The molecule has 1 N–H and O–H groups in total. The van der Waals surface area contributed by atoms with Crippen LogP contribution in [0, 0.1) is 0 Å². The van der Waals surface area contributed by atoms with Crippen LogP contribution in [0.5, 0.6) is 0 Å². The highest BCUT2D eigenvalue weighted by atomic mass is 16.4. The van der Waals surface area contributed by atoms with Crippen molar-refractivity contribution in [3.63, 3.8) is 0 Å². The first-order chi connectivity index (χ1) is 9.73. The molecule has 1 saturated carbocycles. The van der Waals surface area contributed by atoms with Crippen LogP contribution >= 0.6 is 0 Å². The van der Waals surface area contributed by atoms with Crippen molar-refractivity contribution in [1.29, 1.82) is 0 Å². The topological polar surface area (TPSA) is 60.9 Å². The van der Waals surface area contributed by atoms with Crippen molar-refractivity contribution in [2.75, 3.05) is 13.6 Å². The first kappa shape index (κ1) is 17.8. The zero-order valence-electron chi connectivity index (χ0n) is 13.9. The van der Waals surface area contributed by atoms with E-state index in [0.29, 0.717) is 0 Å². The summed E-state index contributed by atoms with van der Waals surface area (Å²) in [6, 6.07) is 0.241. The lowest BCUT2D eigenvalue weighted by atomic mass is 10.0. The van der Waals surface area contributed by atoms with Gasteiger partial charge in [-0.25, -0.2) is 4.79 Å². The number of carbonyl (C=O) groups is 2. The van der Waals surface area contributed by atoms with Gasteiger partial charge in [0.1, 0.15) is 0 Å². The van der Waals surface area contributed by atoms with Crippen LogP contribution in [0.25, 0.3) is 0 Å². The highest BCUT2D eigenvalue weighted by molar-refractivity contribution is 5.76. The average molecular weight is 298 g/mol. The Morgan fingerprint density at radius 2 is 1.62 bits per heavy atom. The van der Waals surface area contributed by atoms with E-state index in [4.69, 9.17) is 5.11 Å². The van der Waals surface area contributed by atoms with E-state index in [1.54, 1.807) is 4.90 Å². The molecule has 0 bridgehead atoms. The maximum absolute atomic E-state index is 12.8. The van der Waals surface area contributed by atoms with Crippen LogP contribution in [0.3, 0.4) is 0 Å². The van der Waals surface area contributed by atoms with Crippen molar-refractivity contribution < 1.29 is 14.7 Å². The van der Waals surface area contributed by atoms with Crippen LogP contribution < -0.4 is 0 Å². The third-order valence-electron chi connectivity index (χ3n) is 4.26. The van der Waals surface area contributed by atoms with Gasteiger partial charge in [-0.3, -0.25) is 4.79 Å². The van der Waals surface area contributed by atoms with Gasteiger partial charge in [-0.05, 0) is 33.6 Å². The fourth-order valence-electron chi connectivity index (χ4n) is 2.92. The highest BCUT2D eigenvalue weighted by Gasteiger charge is 2.31. The van der Waals surface area contributed by atoms with Gasteiger partial charge >= 0.3 is 12.0 Å². The molecule has 122 valence electrons. The molecule has 1 rings (SSSR count). The fraction of sp³-hybridized carbons (Fsp3) is 0.875. The second-order valence-corrected chi connectivity index (χ2v) is 7.01. The first-order valence-electron chi connectivity index (χ1n) is 7.99. The summed E-state index contributed by atoms with van der Waals surface area (Å²) in [4.78, 5) is 27.1.